The smallest absolute Gasteiger partial charge is 0.326 e. The average molecular weight is 633 g/mol. The van der Waals surface area contributed by atoms with E-state index in [-0.39, 0.29) is 41.7 Å². The van der Waals surface area contributed by atoms with Crippen molar-refractivity contribution in [3.8, 4) is 5.75 Å². The van der Waals surface area contributed by atoms with Crippen molar-refractivity contribution in [2.75, 3.05) is 32.8 Å². The number of carbonyl (C=O) groups is 4. The van der Waals surface area contributed by atoms with Crippen molar-refractivity contribution in [1.29, 1.82) is 0 Å². The minimum Gasteiger partial charge on any atom is -0.493 e. The molecule has 0 saturated heterocycles. The second kappa shape index (κ2) is 15.1. The molecule has 0 unspecified atom stereocenters. The predicted molar refractivity (Wildman–Crippen MR) is 174 cm³/mol. The predicted octanol–water partition coefficient (Wildman–Crippen LogP) is 2.75. The maximum absolute atomic E-state index is 13.7. The fraction of sp³-hybridized carbons (Fsp3) is 0.500. The molecule has 1 aromatic heterocycles. The molecule has 2 aromatic carbocycles. The van der Waals surface area contributed by atoms with Gasteiger partial charge in [-0.1, -0.05) is 20.3 Å². The van der Waals surface area contributed by atoms with E-state index in [1.54, 1.807) is 33.7 Å². The molecule has 4 amide bonds. The van der Waals surface area contributed by atoms with Crippen LogP contribution in [0.25, 0.3) is 11.0 Å². The first-order valence-corrected chi connectivity index (χ1v) is 16.4. The van der Waals surface area contributed by atoms with Crippen LogP contribution in [0.2, 0.25) is 0 Å². The molecule has 12 nitrogen and oxygen atoms in total. The molecule has 2 bridgehead atoms. The summed E-state index contributed by atoms with van der Waals surface area (Å²) in [5, 5.41) is 8.76. The molecule has 46 heavy (non-hydrogen) atoms. The van der Waals surface area contributed by atoms with Crippen LogP contribution in [0.15, 0.2) is 41.2 Å². The molecular weight excluding hydrogens is 588 g/mol. The molecule has 0 aliphatic carbocycles. The number of benzene rings is 2. The lowest BCUT2D eigenvalue weighted by Gasteiger charge is -2.25. The first-order chi connectivity index (χ1) is 22.2. The topological polar surface area (TPSA) is 155 Å². The van der Waals surface area contributed by atoms with Crippen molar-refractivity contribution in [3.63, 3.8) is 0 Å². The minimum atomic E-state index is -0.697. The van der Waals surface area contributed by atoms with E-state index in [1.165, 1.54) is 0 Å². The number of aromatic nitrogens is 2. The first-order valence-electron chi connectivity index (χ1n) is 16.4. The second-order valence-electron chi connectivity index (χ2n) is 12.2. The molecule has 12 heteroatoms. The van der Waals surface area contributed by atoms with Crippen LogP contribution in [0, 0.1) is 5.92 Å². The molecule has 2 aliphatic rings. The highest BCUT2D eigenvalue weighted by atomic mass is 16.5. The second-order valence-corrected chi connectivity index (χ2v) is 12.2. The van der Waals surface area contributed by atoms with E-state index in [9.17, 15) is 24.0 Å². The van der Waals surface area contributed by atoms with Gasteiger partial charge < -0.3 is 30.6 Å². The number of fused-ring (bicyclic) bond motifs is 2. The monoisotopic (exact) mass is 632 g/mol. The molecule has 2 aliphatic heterocycles. The van der Waals surface area contributed by atoms with E-state index in [1.807, 2.05) is 26.0 Å². The number of rotatable bonds is 3. The molecule has 3 aromatic rings. The van der Waals surface area contributed by atoms with Gasteiger partial charge in [0.25, 0.3) is 11.8 Å². The fourth-order valence-corrected chi connectivity index (χ4v) is 6.02. The lowest BCUT2D eigenvalue weighted by Crippen LogP contribution is -2.50. The summed E-state index contributed by atoms with van der Waals surface area (Å²) in [4.78, 5) is 70.1. The van der Waals surface area contributed by atoms with Gasteiger partial charge in [0, 0.05) is 50.3 Å². The highest BCUT2D eigenvalue weighted by Crippen LogP contribution is 2.26. The SMILES string of the molecule is CC[C@H](C)[C@@H]1NC(=O)CCCN(C(=O)c2ccc3c(c2)CCCO3)CCCNC(=O)c2ccc3[nH]c(=O)n(c3c2)CCCNC1=O. The number of hydrogen-bond acceptors (Lipinski definition) is 6. The van der Waals surface area contributed by atoms with Crippen LogP contribution in [0.3, 0.4) is 0 Å². The zero-order chi connectivity index (χ0) is 32.6. The van der Waals surface area contributed by atoms with Gasteiger partial charge in [-0.05, 0) is 80.0 Å². The number of aromatic amines is 1. The summed E-state index contributed by atoms with van der Waals surface area (Å²) in [5.41, 5.74) is 2.91. The number of aryl methyl sites for hydroxylation is 2. The average Bonchev–Trinajstić information content (AvgIpc) is 3.38. The molecule has 0 spiro atoms. The Morgan fingerprint density at radius 3 is 2.54 bits per heavy atom. The third-order valence-electron chi connectivity index (χ3n) is 8.87. The third kappa shape index (κ3) is 7.78. The summed E-state index contributed by atoms with van der Waals surface area (Å²) < 4.78 is 7.28. The Hall–Kier alpha value is -4.61. The van der Waals surface area contributed by atoms with Gasteiger partial charge in [-0.3, -0.25) is 23.7 Å². The standard InChI is InChI=1S/C34H44N6O6/c1-3-22(2)30-32(43)36-15-7-18-40-27-21-24(10-12-26(27)37-34(40)45)31(42)35-14-6-17-39(16-4-9-29(41)38-30)33(44)25-11-13-28-23(20-25)8-5-19-46-28/h10-13,20-22,30H,3-9,14-19H2,1-2H3,(H,35,42)(H,36,43)(H,37,45)(H,38,41)/t22-,30-/m0/s1. The van der Waals surface area contributed by atoms with Gasteiger partial charge in [0.05, 0.1) is 17.6 Å². The summed E-state index contributed by atoms with van der Waals surface area (Å²) in [6, 6.07) is 9.87. The van der Waals surface area contributed by atoms with Crippen LogP contribution in [-0.2, 0) is 22.6 Å². The van der Waals surface area contributed by atoms with Crippen molar-refractivity contribution in [2.24, 2.45) is 5.92 Å². The summed E-state index contributed by atoms with van der Waals surface area (Å²) in [6.45, 7) is 6.27. The Kier molecular flexibility index (Phi) is 10.8. The van der Waals surface area contributed by atoms with E-state index in [2.05, 4.69) is 20.9 Å². The molecule has 0 saturated carbocycles. The summed E-state index contributed by atoms with van der Waals surface area (Å²) in [7, 11) is 0. The number of amides is 4. The largest absolute Gasteiger partial charge is 0.493 e. The Morgan fingerprint density at radius 1 is 0.935 bits per heavy atom. The molecule has 246 valence electrons. The number of nitrogens with zero attached hydrogens (tertiary/aromatic N) is 2. The lowest BCUT2D eigenvalue weighted by atomic mass is 9.98. The van der Waals surface area contributed by atoms with Crippen LogP contribution in [0.5, 0.6) is 5.75 Å². The molecule has 5 rings (SSSR count). The van der Waals surface area contributed by atoms with Gasteiger partial charge in [0.15, 0.2) is 0 Å². The van der Waals surface area contributed by atoms with Gasteiger partial charge in [0.1, 0.15) is 11.8 Å². The maximum atomic E-state index is 13.7. The van der Waals surface area contributed by atoms with Crippen LogP contribution in [0.1, 0.15) is 78.7 Å². The summed E-state index contributed by atoms with van der Waals surface area (Å²) >= 11 is 0. The number of imidazole rings is 1. The number of ether oxygens (including phenoxy) is 1. The molecule has 0 fully saturated rings. The molecule has 3 heterocycles. The quantitative estimate of drug-likeness (QED) is 0.348. The third-order valence-corrected chi connectivity index (χ3v) is 8.87. The van der Waals surface area contributed by atoms with Crippen LogP contribution in [-0.4, -0.2) is 76.9 Å². The lowest BCUT2D eigenvalue weighted by molar-refractivity contribution is -0.130. The van der Waals surface area contributed by atoms with Crippen molar-refractivity contribution in [3.05, 3.63) is 63.6 Å². The van der Waals surface area contributed by atoms with Crippen molar-refractivity contribution < 1.29 is 23.9 Å². The number of nitrogens with one attached hydrogen (secondary N) is 4. The number of hydrogen-bond donors (Lipinski definition) is 4. The van der Waals surface area contributed by atoms with Gasteiger partial charge >= 0.3 is 5.69 Å². The Morgan fingerprint density at radius 2 is 1.72 bits per heavy atom. The van der Waals surface area contributed by atoms with E-state index in [4.69, 9.17) is 4.74 Å². The van der Waals surface area contributed by atoms with Crippen LogP contribution < -0.4 is 26.4 Å². The highest BCUT2D eigenvalue weighted by molar-refractivity contribution is 5.97. The van der Waals surface area contributed by atoms with Crippen molar-refractivity contribution >= 4 is 34.7 Å². The zero-order valence-electron chi connectivity index (χ0n) is 26.7. The zero-order valence-corrected chi connectivity index (χ0v) is 26.7. The highest BCUT2D eigenvalue weighted by Gasteiger charge is 2.26. The molecule has 0 radical (unpaired) electrons. The normalized spacial score (nSPS) is 19.7. The Balaban J connectivity index is 1.36. The molecule has 4 N–H and O–H groups in total. The van der Waals surface area contributed by atoms with E-state index in [0.717, 1.165) is 24.2 Å². The Labute approximate surface area is 268 Å². The van der Waals surface area contributed by atoms with E-state index >= 15 is 0 Å². The van der Waals surface area contributed by atoms with Gasteiger partial charge in [-0.2, -0.15) is 0 Å². The van der Waals surface area contributed by atoms with Gasteiger partial charge in [0.2, 0.25) is 11.8 Å². The number of H-pyrrole nitrogens is 1. The maximum Gasteiger partial charge on any atom is 0.326 e. The van der Waals surface area contributed by atoms with E-state index in [0.29, 0.717) is 87.2 Å². The number of carbonyl (C=O) groups excluding carboxylic acids is 4. The van der Waals surface area contributed by atoms with Gasteiger partial charge in [-0.15, -0.1) is 0 Å². The van der Waals surface area contributed by atoms with E-state index < -0.39 is 6.04 Å². The fourth-order valence-electron chi connectivity index (χ4n) is 6.02. The molecule has 2 atom stereocenters. The minimum absolute atomic E-state index is 0.0867. The van der Waals surface area contributed by atoms with Gasteiger partial charge in [-0.25, -0.2) is 4.79 Å². The van der Waals surface area contributed by atoms with Crippen molar-refractivity contribution in [2.45, 2.75) is 71.4 Å². The van der Waals surface area contributed by atoms with Crippen LogP contribution >= 0.6 is 0 Å². The summed E-state index contributed by atoms with van der Waals surface area (Å²) in [5.74, 6) is -0.230. The van der Waals surface area contributed by atoms with Crippen LogP contribution in [0.4, 0.5) is 0 Å². The summed E-state index contributed by atoms with van der Waals surface area (Å²) in [6.07, 6.45) is 4.00. The Bertz CT molecular complexity index is 1640. The molecular formula is C34H44N6O6. The van der Waals surface area contributed by atoms with Crippen molar-refractivity contribution in [1.82, 2.24) is 30.4 Å². The first kappa shape index (κ1) is 32.8.